The lowest BCUT2D eigenvalue weighted by Gasteiger charge is -2.30. The minimum absolute atomic E-state index is 0.0174. The highest BCUT2D eigenvalue weighted by molar-refractivity contribution is 5.91. The van der Waals surface area contributed by atoms with Crippen LogP contribution in [0.3, 0.4) is 0 Å². The number of imidazole rings is 1. The minimum atomic E-state index is -0.579. The Morgan fingerprint density at radius 3 is 2.65 bits per heavy atom. The van der Waals surface area contributed by atoms with Crippen LogP contribution in [0.4, 0.5) is 0 Å². The lowest BCUT2D eigenvalue weighted by atomic mass is 10.2. The van der Waals surface area contributed by atoms with Gasteiger partial charge in [0.25, 0.3) is 5.91 Å². The second-order valence-corrected chi connectivity index (χ2v) is 6.21. The third-order valence-electron chi connectivity index (χ3n) is 4.24. The number of nitrogens with zero attached hydrogens (tertiary/aromatic N) is 2. The predicted octanol–water partition coefficient (Wildman–Crippen LogP) is 0.878. The molecule has 138 valence electrons. The summed E-state index contributed by atoms with van der Waals surface area (Å²) in [4.78, 5) is 40.3. The van der Waals surface area contributed by atoms with Crippen molar-refractivity contribution in [2.75, 3.05) is 26.3 Å². The number of esters is 1. The first-order valence-electron chi connectivity index (χ1n) is 8.39. The van der Waals surface area contributed by atoms with E-state index in [1.165, 1.54) is 4.57 Å². The van der Waals surface area contributed by atoms with Crippen LogP contribution in [0.5, 0.6) is 0 Å². The Morgan fingerprint density at radius 2 is 2.04 bits per heavy atom. The van der Waals surface area contributed by atoms with Crippen LogP contribution in [0.2, 0.25) is 0 Å². The normalized spacial score (nSPS) is 17.2. The number of H-pyrrole nitrogens is 1. The molecule has 2 aromatic rings. The van der Waals surface area contributed by atoms with E-state index in [9.17, 15) is 14.4 Å². The Balaban J connectivity index is 1.60. The van der Waals surface area contributed by atoms with Crippen molar-refractivity contribution in [3.63, 3.8) is 0 Å². The Labute approximate surface area is 150 Å². The van der Waals surface area contributed by atoms with Gasteiger partial charge in [-0.15, -0.1) is 0 Å². The van der Waals surface area contributed by atoms with Crippen LogP contribution in [-0.2, 0) is 14.3 Å². The molecule has 0 aliphatic carbocycles. The Morgan fingerprint density at radius 1 is 1.31 bits per heavy atom. The van der Waals surface area contributed by atoms with Gasteiger partial charge < -0.3 is 19.4 Å². The molecule has 3 rings (SSSR count). The molecule has 1 fully saturated rings. The van der Waals surface area contributed by atoms with Gasteiger partial charge in [-0.3, -0.25) is 9.36 Å². The van der Waals surface area contributed by atoms with Crippen LogP contribution in [-0.4, -0.2) is 58.7 Å². The van der Waals surface area contributed by atoms with E-state index in [0.717, 1.165) is 5.69 Å². The number of rotatable bonds is 4. The van der Waals surface area contributed by atoms with E-state index in [-0.39, 0.29) is 24.3 Å². The molecule has 1 atom stereocenters. The number of aromatic nitrogens is 2. The quantitative estimate of drug-likeness (QED) is 0.818. The smallest absolute Gasteiger partial charge is 0.338 e. The predicted molar refractivity (Wildman–Crippen MR) is 93.4 cm³/mol. The van der Waals surface area contributed by atoms with Gasteiger partial charge >= 0.3 is 11.7 Å². The molecule has 0 bridgehead atoms. The molecule has 0 saturated carbocycles. The van der Waals surface area contributed by atoms with Gasteiger partial charge in [-0.25, -0.2) is 9.59 Å². The van der Waals surface area contributed by atoms with Gasteiger partial charge in [0.05, 0.1) is 24.0 Å². The average molecular weight is 359 g/mol. The van der Waals surface area contributed by atoms with E-state index < -0.39 is 5.97 Å². The van der Waals surface area contributed by atoms with Crippen LogP contribution < -0.4 is 5.69 Å². The number of carbonyl (C=O) groups excluding carboxylic acids is 2. The molecule has 1 amide bonds. The molecule has 1 aliphatic heterocycles. The molecule has 8 nitrogen and oxygen atoms in total. The van der Waals surface area contributed by atoms with Crippen molar-refractivity contribution in [3.8, 4) is 5.69 Å². The number of nitrogens with one attached hydrogen (secondary N) is 1. The van der Waals surface area contributed by atoms with Crippen molar-refractivity contribution in [2.45, 2.75) is 20.0 Å². The summed E-state index contributed by atoms with van der Waals surface area (Å²) >= 11 is 0. The number of ether oxygens (including phenoxy) is 2. The fraction of sp³-hybridized carbons (Fsp3) is 0.389. The maximum Gasteiger partial charge on any atom is 0.338 e. The Hall–Kier alpha value is -2.87. The minimum Gasteiger partial charge on any atom is -0.452 e. The molecule has 1 aliphatic rings. The first kappa shape index (κ1) is 17.9. The van der Waals surface area contributed by atoms with E-state index >= 15 is 0 Å². The van der Waals surface area contributed by atoms with Crippen LogP contribution in [0.15, 0.2) is 35.3 Å². The number of amides is 1. The molecule has 26 heavy (non-hydrogen) atoms. The lowest BCUT2D eigenvalue weighted by molar-refractivity contribution is -0.141. The standard InChI is InChI=1S/C18H21N3O5/c1-12-9-19-18(24)21(12)15-5-3-14(4-6-15)17(23)26-11-16(22)20-7-8-25-13(2)10-20/h3-6,9,13H,7-8,10-11H2,1-2H3,(H,19,24). The molecular weight excluding hydrogens is 338 g/mol. The zero-order valence-corrected chi connectivity index (χ0v) is 14.7. The third kappa shape index (κ3) is 3.85. The summed E-state index contributed by atoms with van der Waals surface area (Å²) in [5.74, 6) is -0.816. The summed E-state index contributed by atoms with van der Waals surface area (Å²) in [5.41, 5.74) is 1.47. The molecule has 1 N–H and O–H groups in total. The SMILES string of the molecule is Cc1c[nH]c(=O)n1-c1ccc(C(=O)OCC(=O)N2CCOC(C)C2)cc1. The Bertz CT molecular complexity index is 852. The fourth-order valence-electron chi connectivity index (χ4n) is 2.87. The maximum atomic E-state index is 12.1. The summed E-state index contributed by atoms with van der Waals surface area (Å²) in [6, 6.07) is 6.45. The van der Waals surface area contributed by atoms with Crippen molar-refractivity contribution in [3.05, 3.63) is 52.2 Å². The summed E-state index contributed by atoms with van der Waals surface area (Å²) < 4.78 is 12.0. The van der Waals surface area contributed by atoms with Gasteiger partial charge in [-0.1, -0.05) is 0 Å². The summed E-state index contributed by atoms with van der Waals surface area (Å²) in [6.07, 6.45) is 1.60. The molecule has 1 unspecified atom stereocenters. The highest BCUT2D eigenvalue weighted by Crippen LogP contribution is 2.11. The zero-order valence-electron chi connectivity index (χ0n) is 14.7. The number of hydrogen-bond donors (Lipinski definition) is 1. The third-order valence-corrected chi connectivity index (χ3v) is 4.24. The molecule has 1 aromatic heterocycles. The van der Waals surface area contributed by atoms with Crippen LogP contribution in [0.1, 0.15) is 23.0 Å². The second-order valence-electron chi connectivity index (χ2n) is 6.21. The van der Waals surface area contributed by atoms with Crippen LogP contribution in [0.25, 0.3) is 5.69 Å². The van der Waals surface area contributed by atoms with E-state index in [1.807, 2.05) is 6.92 Å². The van der Waals surface area contributed by atoms with Gasteiger partial charge in [-0.05, 0) is 38.1 Å². The van der Waals surface area contributed by atoms with Crippen molar-refractivity contribution >= 4 is 11.9 Å². The van der Waals surface area contributed by atoms with Gasteiger partial charge in [-0.2, -0.15) is 0 Å². The number of carbonyl (C=O) groups is 2. The topological polar surface area (TPSA) is 93.6 Å². The highest BCUT2D eigenvalue weighted by Gasteiger charge is 2.22. The molecule has 0 radical (unpaired) electrons. The van der Waals surface area contributed by atoms with Crippen LogP contribution in [0, 0.1) is 6.92 Å². The second kappa shape index (κ2) is 7.57. The fourth-order valence-corrected chi connectivity index (χ4v) is 2.87. The maximum absolute atomic E-state index is 12.1. The number of benzene rings is 1. The molecule has 8 heteroatoms. The average Bonchev–Trinajstić information content (AvgIpc) is 2.98. The molecule has 0 spiro atoms. The first-order valence-corrected chi connectivity index (χ1v) is 8.39. The lowest BCUT2D eigenvalue weighted by Crippen LogP contribution is -2.46. The zero-order chi connectivity index (χ0) is 18.7. The molecule has 1 aromatic carbocycles. The molecular formula is C18H21N3O5. The first-order chi connectivity index (χ1) is 12.5. The number of aromatic amines is 1. The number of hydrogen-bond acceptors (Lipinski definition) is 5. The van der Waals surface area contributed by atoms with Gasteiger partial charge in [0.15, 0.2) is 6.61 Å². The monoisotopic (exact) mass is 359 g/mol. The summed E-state index contributed by atoms with van der Waals surface area (Å²) in [7, 11) is 0. The number of aryl methyl sites for hydroxylation is 1. The van der Waals surface area contributed by atoms with Crippen molar-refractivity contribution in [1.82, 2.24) is 14.5 Å². The molecule has 1 saturated heterocycles. The highest BCUT2D eigenvalue weighted by atomic mass is 16.5. The van der Waals surface area contributed by atoms with E-state index in [4.69, 9.17) is 9.47 Å². The molecule has 2 heterocycles. The largest absolute Gasteiger partial charge is 0.452 e. The van der Waals surface area contributed by atoms with Crippen molar-refractivity contribution < 1.29 is 19.1 Å². The number of morpholine rings is 1. The van der Waals surface area contributed by atoms with Crippen LogP contribution >= 0.6 is 0 Å². The summed E-state index contributed by atoms with van der Waals surface area (Å²) in [6.45, 7) is 4.88. The van der Waals surface area contributed by atoms with Crippen molar-refractivity contribution in [1.29, 1.82) is 0 Å². The van der Waals surface area contributed by atoms with Gasteiger partial charge in [0.1, 0.15) is 0 Å². The van der Waals surface area contributed by atoms with Gasteiger partial charge in [0, 0.05) is 25.0 Å². The summed E-state index contributed by atoms with van der Waals surface area (Å²) in [5, 5.41) is 0. The van der Waals surface area contributed by atoms with E-state index in [0.29, 0.717) is 30.9 Å². The van der Waals surface area contributed by atoms with Gasteiger partial charge in [0.2, 0.25) is 0 Å². The van der Waals surface area contributed by atoms with E-state index in [2.05, 4.69) is 4.98 Å². The van der Waals surface area contributed by atoms with E-state index in [1.54, 1.807) is 42.3 Å². The van der Waals surface area contributed by atoms with Crippen molar-refractivity contribution in [2.24, 2.45) is 0 Å². The Kier molecular flexibility index (Phi) is 5.22.